The minimum Gasteiger partial charge on any atom is -0.489 e. The van der Waals surface area contributed by atoms with Crippen molar-refractivity contribution < 1.29 is 9.53 Å². The smallest absolute Gasteiger partial charge is 0.150 e. The number of carbonyl (C=O) groups excluding carboxylic acids is 1. The quantitative estimate of drug-likeness (QED) is 0.769. The summed E-state index contributed by atoms with van der Waals surface area (Å²) in [5.41, 5.74) is 2.87. The standard InChI is InChI=1S/C16H17NO2/c1-17(2)15-7-3-6-14(9-15)12-19-16-8-4-5-13(10-16)11-18/h3-11H,12H2,1-2H3. The fraction of sp³-hybridized carbons (Fsp3) is 0.188. The highest BCUT2D eigenvalue weighted by atomic mass is 16.5. The van der Waals surface area contributed by atoms with Crippen LogP contribution in [0.2, 0.25) is 0 Å². The van der Waals surface area contributed by atoms with Crippen molar-refractivity contribution in [3.05, 3.63) is 59.7 Å². The molecule has 0 spiro atoms. The Labute approximate surface area is 113 Å². The van der Waals surface area contributed by atoms with Crippen LogP contribution >= 0.6 is 0 Å². The Morgan fingerprint density at radius 3 is 2.63 bits per heavy atom. The molecule has 0 aliphatic rings. The summed E-state index contributed by atoms with van der Waals surface area (Å²) >= 11 is 0. The summed E-state index contributed by atoms with van der Waals surface area (Å²) in [5, 5.41) is 0. The average molecular weight is 255 g/mol. The van der Waals surface area contributed by atoms with Crippen molar-refractivity contribution in [2.45, 2.75) is 6.61 Å². The van der Waals surface area contributed by atoms with E-state index in [9.17, 15) is 4.79 Å². The molecular weight excluding hydrogens is 238 g/mol. The summed E-state index contributed by atoms with van der Waals surface area (Å²) in [5.74, 6) is 0.708. The highest BCUT2D eigenvalue weighted by molar-refractivity contribution is 5.75. The monoisotopic (exact) mass is 255 g/mol. The van der Waals surface area contributed by atoms with E-state index in [-0.39, 0.29) is 0 Å². The second-order valence-corrected chi connectivity index (χ2v) is 4.54. The summed E-state index contributed by atoms with van der Waals surface area (Å²) in [6.07, 6.45) is 0.819. The number of nitrogens with zero attached hydrogens (tertiary/aromatic N) is 1. The number of rotatable bonds is 5. The van der Waals surface area contributed by atoms with Gasteiger partial charge in [-0.2, -0.15) is 0 Å². The Morgan fingerprint density at radius 2 is 1.89 bits per heavy atom. The van der Waals surface area contributed by atoms with E-state index in [1.165, 1.54) is 0 Å². The molecule has 3 heteroatoms. The van der Waals surface area contributed by atoms with E-state index in [1.807, 2.05) is 38.4 Å². The molecule has 98 valence electrons. The van der Waals surface area contributed by atoms with Crippen molar-refractivity contribution in [3.8, 4) is 5.75 Å². The number of benzene rings is 2. The molecule has 0 heterocycles. The first-order valence-corrected chi connectivity index (χ1v) is 6.13. The first-order chi connectivity index (χ1) is 9.19. The molecule has 0 saturated heterocycles. The average Bonchev–Trinajstić information content (AvgIpc) is 2.45. The highest BCUT2D eigenvalue weighted by Gasteiger charge is 2.00. The minimum atomic E-state index is 0.490. The van der Waals surface area contributed by atoms with Gasteiger partial charge in [0.1, 0.15) is 18.6 Å². The van der Waals surface area contributed by atoms with Crippen LogP contribution in [0.1, 0.15) is 15.9 Å². The molecule has 2 aromatic rings. The highest BCUT2D eigenvalue weighted by Crippen LogP contribution is 2.17. The fourth-order valence-electron chi connectivity index (χ4n) is 1.77. The van der Waals surface area contributed by atoms with Crippen molar-refractivity contribution >= 4 is 12.0 Å². The van der Waals surface area contributed by atoms with E-state index < -0.39 is 0 Å². The predicted molar refractivity (Wildman–Crippen MR) is 76.9 cm³/mol. The molecule has 19 heavy (non-hydrogen) atoms. The molecule has 0 amide bonds. The molecule has 0 aliphatic heterocycles. The molecule has 0 bridgehead atoms. The predicted octanol–water partition coefficient (Wildman–Crippen LogP) is 3.14. The van der Waals surface area contributed by atoms with E-state index >= 15 is 0 Å². The summed E-state index contributed by atoms with van der Waals surface area (Å²) in [7, 11) is 4.01. The molecule has 2 aromatic carbocycles. The molecule has 0 N–H and O–H groups in total. The number of ether oxygens (including phenoxy) is 1. The zero-order chi connectivity index (χ0) is 13.7. The van der Waals surface area contributed by atoms with Gasteiger partial charge in [-0.3, -0.25) is 4.79 Å². The summed E-state index contributed by atoms with van der Waals surface area (Å²) in [4.78, 5) is 12.7. The molecule has 3 nitrogen and oxygen atoms in total. The Bertz CT molecular complexity index is 564. The van der Waals surface area contributed by atoms with Gasteiger partial charge in [0, 0.05) is 25.3 Å². The lowest BCUT2D eigenvalue weighted by molar-refractivity contribution is 0.112. The third kappa shape index (κ3) is 3.58. The molecular formula is C16H17NO2. The largest absolute Gasteiger partial charge is 0.489 e. The van der Waals surface area contributed by atoms with Crippen molar-refractivity contribution in [2.75, 3.05) is 19.0 Å². The Morgan fingerprint density at radius 1 is 1.11 bits per heavy atom. The molecule has 0 aliphatic carbocycles. The van der Waals surface area contributed by atoms with Crippen LogP contribution in [0, 0.1) is 0 Å². The van der Waals surface area contributed by atoms with Gasteiger partial charge in [0.2, 0.25) is 0 Å². The number of hydrogen-bond donors (Lipinski definition) is 0. The Balaban J connectivity index is 2.05. The lowest BCUT2D eigenvalue weighted by Crippen LogP contribution is -2.09. The molecule has 0 aromatic heterocycles. The third-order valence-corrected chi connectivity index (χ3v) is 2.83. The second-order valence-electron chi connectivity index (χ2n) is 4.54. The SMILES string of the molecule is CN(C)c1cccc(COc2cccc(C=O)c2)c1. The van der Waals surface area contributed by atoms with Crippen molar-refractivity contribution in [1.82, 2.24) is 0 Å². The topological polar surface area (TPSA) is 29.5 Å². The molecule has 0 fully saturated rings. The maximum absolute atomic E-state index is 10.7. The van der Waals surface area contributed by atoms with Gasteiger partial charge in [-0.1, -0.05) is 24.3 Å². The van der Waals surface area contributed by atoms with Gasteiger partial charge in [-0.05, 0) is 29.8 Å². The van der Waals surface area contributed by atoms with E-state index in [0.29, 0.717) is 17.9 Å². The Kier molecular flexibility index (Phi) is 4.18. The second kappa shape index (κ2) is 6.05. The fourth-order valence-corrected chi connectivity index (χ4v) is 1.77. The van der Waals surface area contributed by atoms with Crippen molar-refractivity contribution in [1.29, 1.82) is 0 Å². The zero-order valence-electron chi connectivity index (χ0n) is 11.2. The maximum atomic E-state index is 10.7. The van der Waals surface area contributed by atoms with Crippen molar-refractivity contribution in [2.24, 2.45) is 0 Å². The normalized spacial score (nSPS) is 10.0. The van der Waals surface area contributed by atoms with Crippen LogP contribution in [-0.4, -0.2) is 20.4 Å². The van der Waals surface area contributed by atoms with Crippen LogP contribution in [-0.2, 0) is 6.61 Å². The van der Waals surface area contributed by atoms with Crippen LogP contribution in [0.25, 0.3) is 0 Å². The van der Waals surface area contributed by atoms with E-state index in [1.54, 1.807) is 12.1 Å². The molecule has 0 saturated carbocycles. The van der Waals surface area contributed by atoms with Crippen molar-refractivity contribution in [3.63, 3.8) is 0 Å². The van der Waals surface area contributed by atoms with Gasteiger partial charge in [0.25, 0.3) is 0 Å². The van der Waals surface area contributed by atoms with E-state index in [2.05, 4.69) is 17.0 Å². The number of hydrogen-bond acceptors (Lipinski definition) is 3. The summed E-state index contributed by atoms with van der Waals surface area (Å²) < 4.78 is 5.69. The lowest BCUT2D eigenvalue weighted by atomic mass is 10.2. The van der Waals surface area contributed by atoms with Crippen LogP contribution in [0.4, 0.5) is 5.69 Å². The molecule has 0 radical (unpaired) electrons. The zero-order valence-corrected chi connectivity index (χ0v) is 11.2. The van der Waals surface area contributed by atoms with Gasteiger partial charge in [0.05, 0.1) is 0 Å². The number of carbonyl (C=O) groups is 1. The van der Waals surface area contributed by atoms with Gasteiger partial charge < -0.3 is 9.64 Å². The summed E-state index contributed by atoms with van der Waals surface area (Å²) in [6, 6.07) is 15.3. The molecule has 2 rings (SSSR count). The van der Waals surface area contributed by atoms with Crippen LogP contribution < -0.4 is 9.64 Å². The van der Waals surface area contributed by atoms with Gasteiger partial charge >= 0.3 is 0 Å². The molecule has 0 unspecified atom stereocenters. The number of aldehydes is 1. The number of anilines is 1. The lowest BCUT2D eigenvalue weighted by Gasteiger charge is -2.14. The minimum absolute atomic E-state index is 0.490. The van der Waals surface area contributed by atoms with Gasteiger partial charge in [-0.25, -0.2) is 0 Å². The van der Waals surface area contributed by atoms with Crippen LogP contribution in [0.5, 0.6) is 5.75 Å². The van der Waals surface area contributed by atoms with Gasteiger partial charge in [-0.15, -0.1) is 0 Å². The van der Waals surface area contributed by atoms with E-state index in [4.69, 9.17) is 4.74 Å². The van der Waals surface area contributed by atoms with Crippen LogP contribution in [0.3, 0.4) is 0 Å². The Hall–Kier alpha value is -2.29. The molecule has 0 atom stereocenters. The first kappa shape index (κ1) is 13.1. The third-order valence-electron chi connectivity index (χ3n) is 2.83. The van der Waals surface area contributed by atoms with E-state index in [0.717, 1.165) is 17.5 Å². The van der Waals surface area contributed by atoms with Crippen LogP contribution in [0.15, 0.2) is 48.5 Å². The first-order valence-electron chi connectivity index (χ1n) is 6.13. The maximum Gasteiger partial charge on any atom is 0.150 e. The summed E-state index contributed by atoms with van der Waals surface area (Å²) in [6.45, 7) is 0.490. The van der Waals surface area contributed by atoms with Gasteiger partial charge in [0.15, 0.2) is 0 Å².